The first-order valence-electron chi connectivity index (χ1n) is 9.30. The molecule has 0 bridgehead atoms. The SMILES string of the molecule is Cc1nc2ccccc2c(C)c1CC(=O)N1CCC[C@H](CCC(=O)O)C1. The Labute approximate surface area is 154 Å². The Morgan fingerprint density at radius 2 is 2.04 bits per heavy atom. The van der Waals surface area contributed by atoms with Gasteiger partial charge in [-0.2, -0.15) is 0 Å². The molecule has 1 aliphatic rings. The average Bonchev–Trinajstić information content (AvgIpc) is 2.63. The zero-order valence-corrected chi connectivity index (χ0v) is 15.5. The molecule has 0 aliphatic carbocycles. The van der Waals surface area contributed by atoms with E-state index in [4.69, 9.17) is 5.11 Å². The number of aliphatic carboxylic acids is 1. The quantitative estimate of drug-likeness (QED) is 0.892. The van der Waals surface area contributed by atoms with Gasteiger partial charge in [-0.3, -0.25) is 14.6 Å². The van der Waals surface area contributed by atoms with Gasteiger partial charge in [-0.25, -0.2) is 0 Å². The minimum absolute atomic E-state index is 0.119. The third-order valence-corrected chi connectivity index (χ3v) is 5.45. The maximum atomic E-state index is 12.9. The van der Waals surface area contributed by atoms with Crippen LogP contribution in [0.5, 0.6) is 0 Å². The molecule has 0 unspecified atom stereocenters. The molecule has 0 radical (unpaired) electrons. The molecule has 1 aliphatic heterocycles. The summed E-state index contributed by atoms with van der Waals surface area (Å²) >= 11 is 0. The topological polar surface area (TPSA) is 70.5 Å². The molecule has 5 heteroatoms. The number of fused-ring (bicyclic) bond motifs is 1. The van der Waals surface area contributed by atoms with Gasteiger partial charge in [0.2, 0.25) is 5.91 Å². The van der Waals surface area contributed by atoms with Gasteiger partial charge in [-0.1, -0.05) is 18.2 Å². The molecule has 1 fully saturated rings. The Kier molecular flexibility index (Phi) is 5.55. The van der Waals surface area contributed by atoms with Crippen LogP contribution in [0.2, 0.25) is 0 Å². The van der Waals surface area contributed by atoms with Crippen molar-refractivity contribution in [2.75, 3.05) is 13.1 Å². The number of carbonyl (C=O) groups excluding carboxylic acids is 1. The number of pyridine rings is 1. The van der Waals surface area contributed by atoms with Crippen molar-refractivity contribution in [2.24, 2.45) is 5.92 Å². The van der Waals surface area contributed by atoms with E-state index < -0.39 is 5.97 Å². The number of hydrogen-bond donors (Lipinski definition) is 1. The summed E-state index contributed by atoms with van der Waals surface area (Å²) in [5, 5.41) is 9.97. The van der Waals surface area contributed by atoms with Gasteiger partial charge >= 0.3 is 5.97 Å². The summed E-state index contributed by atoms with van der Waals surface area (Å²) in [6.07, 6.45) is 3.14. The molecule has 1 saturated heterocycles. The fraction of sp³-hybridized carbons (Fsp3) is 0.476. The van der Waals surface area contributed by atoms with Crippen LogP contribution in [0.25, 0.3) is 10.9 Å². The number of hydrogen-bond acceptors (Lipinski definition) is 3. The van der Waals surface area contributed by atoms with Crippen molar-refractivity contribution in [3.63, 3.8) is 0 Å². The van der Waals surface area contributed by atoms with E-state index in [2.05, 4.69) is 11.9 Å². The Balaban J connectivity index is 1.73. The number of carboxylic acids is 1. The average molecular weight is 354 g/mol. The van der Waals surface area contributed by atoms with Gasteiger partial charge in [0.1, 0.15) is 0 Å². The molecule has 1 aromatic carbocycles. The molecule has 1 amide bonds. The molecule has 2 heterocycles. The minimum atomic E-state index is -0.762. The molecule has 0 saturated carbocycles. The zero-order valence-electron chi connectivity index (χ0n) is 15.5. The third-order valence-electron chi connectivity index (χ3n) is 5.45. The largest absolute Gasteiger partial charge is 0.481 e. The van der Waals surface area contributed by atoms with E-state index in [1.54, 1.807) is 0 Å². The van der Waals surface area contributed by atoms with Gasteiger partial charge in [-0.05, 0) is 56.2 Å². The second-order valence-electron chi connectivity index (χ2n) is 7.28. The van der Waals surface area contributed by atoms with Crippen LogP contribution < -0.4 is 0 Å². The number of carboxylic acid groups (broad SMARTS) is 1. The number of rotatable bonds is 5. The maximum absolute atomic E-state index is 12.9. The number of likely N-dealkylation sites (tertiary alicyclic amines) is 1. The number of aromatic nitrogens is 1. The number of nitrogens with zero attached hydrogens (tertiary/aromatic N) is 2. The van der Waals surface area contributed by atoms with Gasteiger partial charge in [0.05, 0.1) is 11.9 Å². The number of para-hydroxylation sites is 1. The van der Waals surface area contributed by atoms with Crippen molar-refractivity contribution in [1.29, 1.82) is 0 Å². The van der Waals surface area contributed by atoms with Crippen molar-refractivity contribution in [3.05, 3.63) is 41.1 Å². The van der Waals surface area contributed by atoms with E-state index in [9.17, 15) is 9.59 Å². The van der Waals surface area contributed by atoms with Crippen molar-refractivity contribution in [2.45, 2.75) is 46.0 Å². The van der Waals surface area contributed by atoms with Crippen LogP contribution in [0.15, 0.2) is 24.3 Å². The fourth-order valence-electron chi connectivity index (χ4n) is 3.95. The lowest BCUT2D eigenvalue weighted by molar-refractivity contribution is -0.137. The Bertz CT molecular complexity index is 831. The van der Waals surface area contributed by atoms with Crippen molar-refractivity contribution >= 4 is 22.8 Å². The second kappa shape index (κ2) is 7.85. The van der Waals surface area contributed by atoms with Gasteiger partial charge < -0.3 is 10.0 Å². The molecule has 138 valence electrons. The molecule has 0 spiro atoms. The van der Waals surface area contributed by atoms with Crippen LogP contribution in [-0.4, -0.2) is 40.0 Å². The summed E-state index contributed by atoms with van der Waals surface area (Å²) in [5.41, 5.74) is 4.02. The van der Waals surface area contributed by atoms with Gasteiger partial charge in [0, 0.05) is 30.6 Å². The highest BCUT2D eigenvalue weighted by Crippen LogP contribution is 2.25. The summed E-state index contributed by atoms with van der Waals surface area (Å²) < 4.78 is 0. The summed E-state index contributed by atoms with van der Waals surface area (Å²) in [6.45, 7) is 5.46. The molecule has 2 aromatic rings. The Hall–Kier alpha value is -2.43. The lowest BCUT2D eigenvalue weighted by Crippen LogP contribution is -2.41. The van der Waals surface area contributed by atoms with Crippen LogP contribution in [0.1, 0.15) is 42.5 Å². The van der Waals surface area contributed by atoms with Gasteiger partial charge in [-0.15, -0.1) is 0 Å². The predicted octanol–water partition coefficient (Wildman–Crippen LogP) is 3.50. The van der Waals surface area contributed by atoms with E-state index in [1.807, 2.05) is 36.1 Å². The van der Waals surface area contributed by atoms with Gasteiger partial charge in [0.25, 0.3) is 0 Å². The summed E-state index contributed by atoms with van der Waals surface area (Å²) in [5.74, 6) is -0.351. The maximum Gasteiger partial charge on any atom is 0.303 e. The smallest absolute Gasteiger partial charge is 0.303 e. The third kappa shape index (κ3) is 4.03. The standard InChI is InChI=1S/C21H26N2O3/c1-14-17-7-3-4-8-19(17)22-15(2)18(14)12-20(24)23-11-5-6-16(13-23)9-10-21(25)26/h3-4,7-8,16H,5-6,9-13H2,1-2H3,(H,25,26)/t16-/m1/s1. The highest BCUT2D eigenvalue weighted by molar-refractivity contribution is 5.86. The Morgan fingerprint density at radius 1 is 1.27 bits per heavy atom. The van der Waals surface area contributed by atoms with E-state index in [-0.39, 0.29) is 12.3 Å². The Morgan fingerprint density at radius 3 is 2.81 bits per heavy atom. The lowest BCUT2D eigenvalue weighted by atomic mass is 9.92. The van der Waals surface area contributed by atoms with Crippen LogP contribution in [-0.2, 0) is 16.0 Å². The number of benzene rings is 1. The lowest BCUT2D eigenvalue weighted by Gasteiger charge is -2.33. The second-order valence-corrected chi connectivity index (χ2v) is 7.28. The van der Waals surface area contributed by atoms with E-state index in [0.29, 0.717) is 25.3 Å². The number of carbonyl (C=O) groups is 2. The highest BCUT2D eigenvalue weighted by Gasteiger charge is 2.25. The van der Waals surface area contributed by atoms with Crippen LogP contribution in [0.4, 0.5) is 0 Å². The first kappa shape index (κ1) is 18.4. The fourth-order valence-corrected chi connectivity index (χ4v) is 3.95. The zero-order chi connectivity index (χ0) is 18.7. The summed E-state index contributed by atoms with van der Waals surface area (Å²) in [4.78, 5) is 30.2. The molecule has 3 rings (SSSR count). The van der Waals surface area contributed by atoms with Crippen molar-refractivity contribution < 1.29 is 14.7 Å². The molecule has 1 aromatic heterocycles. The molecule has 1 atom stereocenters. The van der Waals surface area contributed by atoms with Crippen molar-refractivity contribution in [1.82, 2.24) is 9.88 Å². The van der Waals surface area contributed by atoms with Crippen LogP contribution in [0, 0.1) is 19.8 Å². The highest BCUT2D eigenvalue weighted by atomic mass is 16.4. The van der Waals surface area contributed by atoms with E-state index in [1.165, 1.54) is 0 Å². The van der Waals surface area contributed by atoms with Crippen LogP contribution in [0.3, 0.4) is 0 Å². The van der Waals surface area contributed by atoms with Gasteiger partial charge in [0.15, 0.2) is 0 Å². The predicted molar refractivity (Wildman–Crippen MR) is 101 cm³/mol. The number of amides is 1. The molecular weight excluding hydrogens is 328 g/mol. The van der Waals surface area contributed by atoms with E-state index >= 15 is 0 Å². The minimum Gasteiger partial charge on any atom is -0.481 e. The first-order valence-corrected chi connectivity index (χ1v) is 9.30. The van der Waals surface area contributed by atoms with E-state index in [0.717, 1.165) is 47.1 Å². The summed E-state index contributed by atoms with van der Waals surface area (Å²) in [6, 6.07) is 8.02. The first-order chi connectivity index (χ1) is 12.5. The van der Waals surface area contributed by atoms with Crippen molar-refractivity contribution in [3.8, 4) is 0 Å². The number of piperidine rings is 1. The monoisotopic (exact) mass is 354 g/mol. The normalized spacial score (nSPS) is 17.5. The summed E-state index contributed by atoms with van der Waals surface area (Å²) in [7, 11) is 0. The molecule has 1 N–H and O–H groups in total. The van der Waals surface area contributed by atoms with Crippen LogP contribution >= 0.6 is 0 Å². The number of aryl methyl sites for hydroxylation is 2. The molecular formula is C21H26N2O3. The molecule has 5 nitrogen and oxygen atoms in total. The molecule has 26 heavy (non-hydrogen) atoms.